The van der Waals surface area contributed by atoms with E-state index in [1.165, 1.54) is 13.0 Å². The van der Waals surface area contributed by atoms with E-state index in [1.807, 2.05) is 13.0 Å². The standard InChI is InChI=1S/C26H16F6N2/c1-15-4-6-17(7-5-15)22-12-20(16(2)14-33)21(13-23(22)24(34-3)26(30,31)32)18-8-10-19(11-9-18)25(27,28)29/h4-13H,1-2H3/b20-16-,24-23-. The van der Waals surface area contributed by atoms with Crippen LogP contribution in [0.2, 0.25) is 0 Å². The van der Waals surface area contributed by atoms with Crippen molar-refractivity contribution in [3.8, 4) is 28.3 Å². The van der Waals surface area contributed by atoms with Gasteiger partial charge in [0.05, 0.1) is 18.2 Å². The van der Waals surface area contributed by atoms with Gasteiger partial charge in [-0.05, 0) is 64.7 Å². The van der Waals surface area contributed by atoms with Gasteiger partial charge < -0.3 is 0 Å². The number of aryl methyl sites for hydroxylation is 1. The van der Waals surface area contributed by atoms with E-state index in [2.05, 4.69) is 4.85 Å². The van der Waals surface area contributed by atoms with E-state index < -0.39 is 28.8 Å². The Kier molecular flexibility index (Phi) is 6.56. The second-order valence-corrected chi connectivity index (χ2v) is 7.58. The van der Waals surface area contributed by atoms with Gasteiger partial charge in [-0.25, -0.2) is 4.85 Å². The molecule has 0 aliphatic heterocycles. The van der Waals surface area contributed by atoms with E-state index in [-0.39, 0.29) is 27.5 Å². The van der Waals surface area contributed by atoms with Crippen LogP contribution < -0.4 is 10.4 Å². The normalized spacial score (nSPS) is 13.6. The van der Waals surface area contributed by atoms with E-state index in [1.54, 1.807) is 24.3 Å². The molecular weight excluding hydrogens is 454 g/mol. The monoisotopic (exact) mass is 470 g/mol. The second kappa shape index (κ2) is 9.07. The number of hydrogen-bond donors (Lipinski definition) is 0. The molecule has 172 valence electrons. The molecule has 3 aromatic carbocycles. The smallest absolute Gasteiger partial charge is 0.232 e. The predicted molar refractivity (Wildman–Crippen MR) is 117 cm³/mol. The molecule has 0 unspecified atom stereocenters. The molecule has 0 aliphatic carbocycles. The summed E-state index contributed by atoms with van der Waals surface area (Å²) in [6.45, 7) is 10.5. The molecule has 34 heavy (non-hydrogen) atoms. The molecule has 0 spiro atoms. The van der Waals surface area contributed by atoms with Crippen molar-refractivity contribution in [2.24, 2.45) is 0 Å². The predicted octanol–water partition coefficient (Wildman–Crippen LogP) is 6.63. The zero-order valence-corrected chi connectivity index (χ0v) is 17.9. The fourth-order valence-corrected chi connectivity index (χ4v) is 3.49. The van der Waals surface area contributed by atoms with Gasteiger partial charge in [0.2, 0.25) is 0 Å². The lowest BCUT2D eigenvalue weighted by Gasteiger charge is -2.14. The van der Waals surface area contributed by atoms with Crippen molar-refractivity contribution >= 4 is 11.3 Å². The highest BCUT2D eigenvalue weighted by atomic mass is 19.4. The van der Waals surface area contributed by atoms with Crippen molar-refractivity contribution in [1.82, 2.24) is 0 Å². The van der Waals surface area contributed by atoms with Crippen LogP contribution in [0, 0.1) is 24.8 Å². The summed E-state index contributed by atoms with van der Waals surface area (Å²) in [6, 6.07) is 15.0. The summed E-state index contributed by atoms with van der Waals surface area (Å²) in [6.07, 6.45) is -9.55. The fraction of sp³-hybridized carbons (Fsp3) is 0.154. The number of nitrogens with zero attached hydrogens (tertiary/aromatic N) is 2. The molecule has 0 radical (unpaired) electrons. The van der Waals surface area contributed by atoms with Gasteiger partial charge in [-0.1, -0.05) is 48.0 Å². The quantitative estimate of drug-likeness (QED) is 0.305. The Morgan fingerprint density at radius 2 is 1.29 bits per heavy atom. The van der Waals surface area contributed by atoms with Crippen molar-refractivity contribution in [2.45, 2.75) is 26.2 Å². The SMILES string of the molecule is [C-]#[N+]/C(=c1/cc(-c2ccc(C(F)(F)F)cc2)/c(=C(/C)C#N)cc1-c1ccc(C)cc1)C(F)(F)F. The Bertz CT molecular complexity index is 1430. The van der Waals surface area contributed by atoms with Crippen LogP contribution >= 0.6 is 0 Å². The molecule has 0 saturated carbocycles. The summed E-state index contributed by atoms with van der Waals surface area (Å²) >= 11 is 0. The largest absolute Gasteiger partial charge is 0.420 e. The number of hydrogen-bond acceptors (Lipinski definition) is 1. The van der Waals surface area contributed by atoms with Gasteiger partial charge >= 0.3 is 12.4 Å². The van der Waals surface area contributed by atoms with Crippen LogP contribution in [0.25, 0.3) is 38.4 Å². The van der Waals surface area contributed by atoms with Crippen LogP contribution in [-0.2, 0) is 6.18 Å². The van der Waals surface area contributed by atoms with Gasteiger partial charge in [0, 0.05) is 5.57 Å². The zero-order valence-electron chi connectivity index (χ0n) is 17.9. The van der Waals surface area contributed by atoms with E-state index in [0.29, 0.717) is 5.56 Å². The summed E-state index contributed by atoms with van der Waals surface area (Å²) in [5.74, 6) is 0. The van der Waals surface area contributed by atoms with E-state index in [9.17, 15) is 31.6 Å². The molecule has 0 amide bonds. The molecule has 0 N–H and O–H groups in total. The first-order chi connectivity index (χ1) is 15.9. The van der Waals surface area contributed by atoms with Crippen molar-refractivity contribution in [1.29, 1.82) is 5.26 Å². The fourth-order valence-electron chi connectivity index (χ4n) is 3.49. The molecule has 0 heterocycles. The Morgan fingerprint density at radius 1 is 0.824 bits per heavy atom. The second-order valence-electron chi connectivity index (χ2n) is 7.58. The number of halogens is 6. The Balaban J connectivity index is 2.51. The van der Waals surface area contributed by atoms with Gasteiger partial charge in [0.1, 0.15) is 0 Å². The van der Waals surface area contributed by atoms with Crippen LogP contribution in [-0.4, -0.2) is 6.18 Å². The first-order valence-electron chi connectivity index (χ1n) is 9.85. The summed E-state index contributed by atoms with van der Waals surface area (Å²) < 4.78 is 80.3. The van der Waals surface area contributed by atoms with Crippen LogP contribution in [0.3, 0.4) is 0 Å². The number of nitriles is 1. The van der Waals surface area contributed by atoms with Crippen LogP contribution in [0.5, 0.6) is 0 Å². The molecular formula is C26H16F6N2. The third-order valence-electron chi connectivity index (χ3n) is 5.25. The van der Waals surface area contributed by atoms with Gasteiger partial charge in [-0.15, -0.1) is 0 Å². The van der Waals surface area contributed by atoms with Crippen LogP contribution in [0.15, 0.2) is 60.7 Å². The van der Waals surface area contributed by atoms with Crippen molar-refractivity contribution in [3.63, 3.8) is 0 Å². The first-order valence-corrected chi connectivity index (χ1v) is 9.85. The summed E-state index contributed by atoms with van der Waals surface area (Å²) in [7, 11) is 0. The minimum atomic E-state index is -4.96. The molecule has 0 aromatic heterocycles. The highest BCUT2D eigenvalue weighted by molar-refractivity contribution is 5.79. The summed E-state index contributed by atoms with van der Waals surface area (Å²) in [4.78, 5) is 2.73. The van der Waals surface area contributed by atoms with Gasteiger partial charge in [0.25, 0.3) is 5.70 Å². The minimum Gasteiger partial charge on any atom is -0.232 e. The lowest BCUT2D eigenvalue weighted by atomic mass is 9.92. The molecule has 0 saturated heterocycles. The molecule has 8 heteroatoms. The molecule has 3 rings (SSSR count). The van der Waals surface area contributed by atoms with E-state index in [4.69, 9.17) is 6.57 Å². The average Bonchev–Trinajstić information content (AvgIpc) is 2.78. The number of rotatable bonds is 2. The third kappa shape index (κ3) is 4.97. The van der Waals surface area contributed by atoms with E-state index in [0.717, 1.165) is 35.9 Å². The van der Waals surface area contributed by atoms with E-state index >= 15 is 0 Å². The average molecular weight is 470 g/mol. The maximum atomic E-state index is 13.8. The van der Waals surface area contributed by atoms with Gasteiger partial charge in [0.15, 0.2) is 0 Å². The maximum absolute atomic E-state index is 13.8. The summed E-state index contributed by atoms with van der Waals surface area (Å²) in [5.41, 5.74) is -0.565. The van der Waals surface area contributed by atoms with Crippen LogP contribution in [0.4, 0.5) is 26.3 Å². The van der Waals surface area contributed by atoms with Crippen molar-refractivity contribution < 1.29 is 26.3 Å². The van der Waals surface area contributed by atoms with Gasteiger partial charge in [-0.2, -0.15) is 31.6 Å². The molecule has 0 fully saturated rings. The Hall–Kier alpha value is -4.04. The molecule has 0 bridgehead atoms. The molecule has 0 atom stereocenters. The Morgan fingerprint density at radius 3 is 1.74 bits per heavy atom. The maximum Gasteiger partial charge on any atom is 0.420 e. The first kappa shape index (κ1) is 24.6. The zero-order chi connectivity index (χ0) is 25.3. The highest BCUT2D eigenvalue weighted by Gasteiger charge is 2.36. The Labute approximate surface area is 191 Å². The minimum absolute atomic E-state index is 0.0867. The van der Waals surface area contributed by atoms with Gasteiger partial charge in [-0.3, -0.25) is 0 Å². The highest BCUT2D eigenvalue weighted by Crippen LogP contribution is 2.32. The lowest BCUT2D eigenvalue weighted by molar-refractivity contribution is -0.137. The topological polar surface area (TPSA) is 28.1 Å². The van der Waals surface area contributed by atoms with Crippen molar-refractivity contribution in [2.75, 3.05) is 0 Å². The molecule has 3 aromatic rings. The molecule has 0 aliphatic rings. The molecule has 2 nitrogen and oxygen atoms in total. The third-order valence-corrected chi connectivity index (χ3v) is 5.25. The number of benzene rings is 3. The van der Waals surface area contributed by atoms with Crippen LogP contribution in [0.1, 0.15) is 18.1 Å². The lowest BCUT2D eigenvalue weighted by Crippen LogP contribution is -2.24. The van der Waals surface area contributed by atoms with Crippen molar-refractivity contribution in [3.05, 3.63) is 93.6 Å². The number of alkyl halides is 6. The summed E-state index contributed by atoms with van der Waals surface area (Å²) in [5, 5.41) is 9.33.